The van der Waals surface area contributed by atoms with Crippen LogP contribution in [0.3, 0.4) is 0 Å². The molecule has 1 saturated heterocycles. The topological polar surface area (TPSA) is 51.1 Å². The van der Waals surface area contributed by atoms with Gasteiger partial charge in [0.25, 0.3) is 0 Å². The number of anilines is 1. The van der Waals surface area contributed by atoms with E-state index in [1.807, 2.05) is 12.1 Å². The van der Waals surface area contributed by atoms with Crippen LogP contribution in [0.25, 0.3) is 0 Å². The summed E-state index contributed by atoms with van der Waals surface area (Å²) in [4.78, 5) is 14.4. The van der Waals surface area contributed by atoms with Crippen molar-refractivity contribution in [2.24, 2.45) is 5.92 Å². The Hall–Kier alpha value is -2.24. The fourth-order valence-corrected chi connectivity index (χ4v) is 3.38. The van der Waals surface area contributed by atoms with Gasteiger partial charge in [-0.1, -0.05) is 0 Å². The molecule has 3 atom stereocenters. The zero-order valence-corrected chi connectivity index (χ0v) is 11.4. The van der Waals surface area contributed by atoms with Gasteiger partial charge in [0.2, 0.25) is 5.95 Å². The first-order valence-electron chi connectivity index (χ1n) is 7.12. The molecule has 6 heteroatoms. The van der Waals surface area contributed by atoms with Gasteiger partial charge in [0.1, 0.15) is 11.9 Å². The lowest BCUT2D eigenvalue weighted by molar-refractivity contribution is 0.178. The summed E-state index contributed by atoms with van der Waals surface area (Å²) in [5, 5.41) is 0. The lowest BCUT2D eigenvalue weighted by Gasteiger charge is -2.26. The van der Waals surface area contributed by atoms with Crippen LogP contribution in [-0.2, 0) is 0 Å². The molecule has 1 aliphatic heterocycles. The van der Waals surface area contributed by atoms with Crippen LogP contribution in [-0.4, -0.2) is 33.6 Å². The average molecular weight is 286 g/mol. The third-order valence-corrected chi connectivity index (χ3v) is 4.28. The van der Waals surface area contributed by atoms with Crippen molar-refractivity contribution in [2.75, 3.05) is 11.4 Å². The zero-order valence-electron chi connectivity index (χ0n) is 11.4. The van der Waals surface area contributed by atoms with Gasteiger partial charge in [-0.25, -0.2) is 14.4 Å². The van der Waals surface area contributed by atoms with Crippen molar-refractivity contribution < 1.29 is 9.13 Å². The Kier molecular flexibility index (Phi) is 2.94. The maximum Gasteiger partial charge on any atom is 0.225 e. The Balaban J connectivity index is 1.55. The fraction of sp³-hybridized carbons (Fsp3) is 0.400. The highest BCUT2D eigenvalue weighted by molar-refractivity contribution is 5.37. The van der Waals surface area contributed by atoms with Crippen molar-refractivity contribution in [3.05, 3.63) is 42.7 Å². The quantitative estimate of drug-likeness (QED) is 0.864. The summed E-state index contributed by atoms with van der Waals surface area (Å²) in [5.74, 6) is 1.43. The van der Waals surface area contributed by atoms with Crippen molar-refractivity contribution in [3.8, 4) is 5.75 Å². The van der Waals surface area contributed by atoms with Crippen LogP contribution in [0, 0.1) is 11.7 Å². The first kappa shape index (κ1) is 12.5. The second-order valence-electron chi connectivity index (χ2n) is 5.53. The first-order valence-corrected chi connectivity index (χ1v) is 7.12. The number of pyridine rings is 1. The summed E-state index contributed by atoms with van der Waals surface area (Å²) in [5.41, 5.74) is 0. The molecule has 21 heavy (non-hydrogen) atoms. The number of halogens is 1. The van der Waals surface area contributed by atoms with E-state index in [0.717, 1.165) is 25.1 Å². The number of fused-ring (bicyclic) bond motifs is 2. The number of hydrogen-bond donors (Lipinski definition) is 0. The van der Waals surface area contributed by atoms with E-state index in [1.54, 1.807) is 12.4 Å². The van der Waals surface area contributed by atoms with E-state index in [1.165, 1.54) is 12.4 Å². The van der Waals surface area contributed by atoms with Crippen molar-refractivity contribution in [1.82, 2.24) is 15.0 Å². The number of hydrogen-bond acceptors (Lipinski definition) is 5. The Morgan fingerprint density at radius 1 is 1.19 bits per heavy atom. The molecule has 0 N–H and O–H groups in total. The molecular formula is C15H15FN4O. The largest absolute Gasteiger partial charge is 0.486 e. The normalized spacial score (nSPS) is 27.1. The van der Waals surface area contributed by atoms with Gasteiger partial charge in [-0.3, -0.25) is 4.98 Å². The van der Waals surface area contributed by atoms with Crippen LogP contribution in [0.5, 0.6) is 5.75 Å². The van der Waals surface area contributed by atoms with E-state index in [2.05, 4.69) is 19.9 Å². The Morgan fingerprint density at radius 3 is 2.81 bits per heavy atom. The number of nitrogens with zero attached hydrogens (tertiary/aromatic N) is 4. The summed E-state index contributed by atoms with van der Waals surface area (Å²) in [6.45, 7) is 0.862. The van der Waals surface area contributed by atoms with Gasteiger partial charge in [-0.15, -0.1) is 0 Å². The molecule has 2 bridgehead atoms. The highest BCUT2D eigenvalue weighted by Gasteiger charge is 2.49. The summed E-state index contributed by atoms with van der Waals surface area (Å²) in [7, 11) is 0. The molecule has 2 aromatic heterocycles. The molecule has 2 fully saturated rings. The van der Waals surface area contributed by atoms with Crippen molar-refractivity contribution in [1.29, 1.82) is 0 Å². The fourth-order valence-electron chi connectivity index (χ4n) is 3.38. The molecule has 3 unspecified atom stereocenters. The summed E-state index contributed by atoms with van der Waals surface area (Å²) in [6.07, 6.45) is 8.22. The highest BCUT2D eigenvalue weighted by atomic mass is 19.1. The lowest BCUT2D eigenvalue weighted by Crippen LogP contribution is -2.37. The molecule has 0 radical (unpaired) electrons. The van der Waals surface area contributed by atoms with Gasteiger partial charge in [-0.2, -0.15) is 0 Å². The summed E-state index contributed by atoms with van der Waals surface area (Å²) < 4.78 is 19.1. The number of ether oxygens (including phenoxy) is 1. The van der Waals surface area contributed by atoms with Crippen LogP contribution in [0.2, 0.25) is 0 Å². The first-order chi connectivity index (χ1) is 10.3. The molecule has 108 valence electrons. The van der Waals surface area contributed by atoms with Crippen LogP contribution in [0.1, 0.15) is 12.8 Å². The van der Waals surface area contributed by atoms with E-state index < -0.39 is 5.82 Å². The minimum Gasteiger partial charge on any atom is -0.486 e. The minimum atomic E-state index is -0.411. The molecule has 1 aliphatic carbocycles. The lowest BCUT2D eigenvalue weighted by atomic mass is 10.1. The number of rotatable bonds is 3. The Labute approximate surface area is 121 Å². The summed E-state index contributed by atoms with van der Waals surface area (Å²) in [6, 6.07) is 4.04. The Bertz CT molecular complexity index is 621. The van der Waals surface area contributed by atoms with Gasteiger partial charge in [0.15, 0.2) is 5.82 Å². The maximum atomic E-state index is 13.0. The molecule has 1 saturated carbocycles. The zero-order chi connectivity index (χ0) is 14.2. The number of aromatic nitrogens is 3. The van der Waals surface area contributed by atoms with E-state index in [4.69, 9.17) is 4.74 Å². The van der Waals surface area contributed by atoms with E-state index in [-0.39, 0.29) is 12.1 Å². The maximum absolute atomic E-state index is 13.0. The van der Waals surface area contributed by atoms with E-state index in [9.17, 15) is 4.39 Å². The second-order valence-corrected chi connectivity index (χ2v) is 5.53. The molecule has 3 heterocycles. The molecule has 0 amide bonds. The molecule has 4 rings (SSSR count). The van der Waals surface area contributed by atoms with Gasteiger partial charge in [-0.05, 0) is 25.0 Å². The third-order valence-electron chi connectivity index (χ3n) is 4.28. The van der Waals surface area contributed by atoms with Gasteiger partial charge >= 0.3 is 0 Å². The van der Waals surface area contributed by atoms with Crippen molar-refractivity contribution in [3.63, 3.8) is 0 Å². The second kappa shape index (κ2) is 4.95. The standard InChI is InChI=1S/C15H15FN4O/c16-11-6-18-15(19-7-11)20-9-10-3-4-13(20)14(10)21-12-2-1-5-17-8-12/h1-2,5-8,10,13-14H,3-4,9H2. The molecule has 0 aromatic carbocycles. The molecular weight excluding hydrogens is 271 g/mol. The molecule has 2 aliphatic rings. The SMILES string of the molecule is Fc1cnc(N2CC3CCC2C3Oc2cccnc2)nc1. The smallest absolute Gasteiger partial charge is 0.225 e. The van der Waals surface area contributed by atoms with E-state index >= 15 is 0 Å². The van der Waals surface area contributed by atoms with Gasteiger partial charge in [0.05, 0.1) is 24.6 Å². The van der Waals surface area contributed by atoms with Crippen LogP contribution >= 0.6 is 0 Å². The van der Waals surface area contributed by atoms with Crippen LogP contribution in [0.15, 0.2) is 36.9 Å². The Morgan fingerprint density at radius 2 is 2.05 bits per heavy atom. The summed E-state index contributed by atoms with van der Waals surface area (Å²) >= 11 is 0. The predicted molar refractivity (Wildman–Crippen MR) is 74.5 cm³/mol. The van der Waals surface area contributed by atoms with Gasteiger partial charge in [0, 0.05) is 18.7 Å². The number of piperidine rings is 1. The van der Waals surface area contributed by atoms with Crippen molar-refractivity contribution in [2.45, 2.75) is 25.0 Å². The van der Waals surface area contributed by atoms with Crippen LogP contribution in [0.4, 0.5) is 10.3 Å². The van der Waals surface area contributed by atoms with Crippen molar-refractivity contribution >= 4 is 5.95 Å². The monoisotopic (exact) mass is 286 g/mol. The molecule has 2 aromatic rings. The molecule has 5 nitrogen and oxygen atoms in total. The third kappa shape index (κ3) is 2.20. The highest BCUT2D eigenvalue weighted by Crippen LogP contribution is 2.41. The predicted octanol–water partition coefficient (Wildman–Crippen LogP) is 2.06. The molecule has 0 spiro atoms. The average Bonchev–Trinajstić information content (AvgIpc) is 3.06. The van der Waals surface area contributed by atoms with Gasteiger partial charge < -0.3 is 9.64 Å². The van der Waals surface area contributed by atoms with E-state index in [0.29, 0.717) is 11.9 Å². The minimum absolute atomic E-state index is 0.128. The van der Waals surface area contributed by atoms with Crippen LogP contribution < -0.4 is 9.64 Å².